The van der Waals surface area contributed by atoms with Crippen LogP contribution in [0.25, 0.3) is 0 Å². The van der Waals surface area contributed by atoms with E-state index in [1.54, 1.807) is 18.2 Å². The summed E-state index contributed by atoms with van der Waals surface area (Å²) in [6, 6.07) is 4.91. The predicted molar refractivity (Wildman–Crippen MR) is 81.6 cm³/mol. The average Bonchev–Trinajstić information content (AvgIpc) is 2.72. The average molecular weight is 331 g/mol. The van der Waals surface area contributed by atoms with Gasteiger partial charge in [-0.15, -0.1) is 10.2 Å². The van der Waals surface area contributed by atoms with Crippen molar-refractivity contribution >= 4 is 46.6 Å². The quantitative estimate of drug-likeness (QED) is 0.875. The SMILES string of the molecule is Cc1nnc(SCC(=O)Nc2cc(Cl)ccc2Cl)n1C. The largest absolute Gasteiger partial charge is 0.324 e. The maximum Gasteiger partial charge on any atom is 0.234 e. The molecule has 1 aromatic heterocycles. The first-order chi connectivity index (χ1) is 9.47. The zero-order chi connectivity index (χ0) is 14.7. The summed E-state index contributed by atoms with van der Waals surface area (Å²) in [6.45, 7) is 1.85. The van der Waals surface area contributed by atoms with Crippen LogP contribution in [0.4, 0.5) is 5.69 Å². The lowest BCUT2D eigenvalue weighted by atomic mass is 10.3. The Morgan fingerprint density at radius 1 is 1.40 bits per heavy atom. The normalized spacial score (nSPS) is 10.6. The van der Waals surface area contributed by atoms with Gasteiger partial charge in [0.05, 0.1) is 16.5 Å². The van der Waals surface area contributed by atoms with Gasteiger partial charge in [0.25, 0.3) is 0 Å². The van der Waals surface area contributed by atoms with E-state index in [4.69, 9.17) is 23.2 Å². The molecular weight excluding hydrogens is 319 g/mol. The number of rotatable bonds is 4. The lowest BCUT2D eigenvalue weighted by Crippen LogP contribution is -2.14. The van der Waals surface area contributed by atoms with E-state index in [2.05, 4.69) is 15.5 Å². The third-order valence-corrected chi connectivity index (χ3v) is 4.17. The molecule has 106 valence electrons. The number of benzene rings is 1. The summed E-state index contributed by atoms with van der Waals surface area (Å²) >= 11 is 13.1. The zero-order valence-electron chi connectivity index (χ0n) is 10.9. The first kappa shape index (κ1) is 15.2. The highest BCUT2D eigenvalue weighted by molar-refractivity contribution is 7.99. The van der Waals surface area contributed by atoms with Gasteiger partial charge >= 0.3 is 0 Å². The van der Waals surface area contributed by atoms with Crippen LogP contribution >= 0.6 is 35.0 Å². The molecule has 0 aliphatic rings. The van der Waals surface area contributed by atoms with Gasteiger partial charge in [0.1, 0.15) is 5.82 Å². The predicted octanol–water partition coefficient (Wildman–Crippen LogP) is 3.16. The molecule has 0 aliphatic heterocycles. The Labute approximate surface area is 130 Å². The van der Waals surface area contributed by atoms with Gasteiger partial charge in [0, 0.05) is 12.1 Å². The van der Waals surface area contributed by atoms with Crippen molar-refractivity contribution in [1.82, 2.24) is 14.8 Å². The second kappa shape index (κ2) is 6.47. The molecule has 0 spiro atoms. The van der Waals surface area contributed by atoms with E-state index < -0.39 is 0 Å². The van der Waals surface area contributed by atoms with Crippen LogP contribution in [-0.4, -0.2) is 26.4 Å². The maximum absolute atomic E-state index is 11.9. The van der Waals surface area contributed by atoms with Gasteiger partial charge in [0.15, 0.2) is 5.16 Å². The van der Waals surface area contributed by atoms with E-state index in [9.17, 15) is 4.79 Å². The number of hydrogen-bond donors (Lipinski definition) is 1. The number of amides is 1. The Bertz CT molecular complexity index is 644. The Balaban J connectivity index is 1.96. The van der Waals surface area contributed by atoms with Crippen molar-refractivity contribution in [3.63, 3.8) is 0 Å². The van der Waals surface area contributed by atoms with Crippen LogP contribution in [0.1, 0.15) is 5.82 Å². The van der Waals surface area contributed by atoms with E-state index in [1.165, 1.54) is 11.8 Å². The number of carbonyl (C=O) groups is 1. The monoisotopic (exact) mass is 330 g/mol. The number of aromatic nitrogens is 3. The minimum absolute atomic E-state index is 0.181. The van der Waals surface area contributed by atoms with Crippen molar-refractivity contribution in [1.29, 1.82) is 0 Å². The molecule has 20 heavy (non-hydrogen) atoms. The summed E-state index contributed by atoms with van der Waals surface area (Å²) in [5, 5.41) is 12.3. The maximum atomic E-state index is 11.9. The summed E-state index contributed by atoms with van der Waals surface area (Å²) in [4.78, 5) is 11.9. The molecular formula is C12H12Cl2N4OS. The smallest absolute Gasteiger partial charge is 0.234 e. The highest BCUT2D eigenvalue weighted by atomic mass is 35.5. The lowest BCUT2D eigenvalue weighted by molar-refractivity contribution is -0.113. The highest BCUT2D eigenvalue weighted by Gasteiger charge is 2.10. The van der Waals surface area contributed by atoms with Gasteiger partial charge in [-0.25, -0.2) is 0 Å². The molecule has 5 nitrogen and oxygen atoms in total. The van der Waals surface area contributed by atoms with Gasteiger partial charge in [0.2, 0.25) is 5.91 Å². The Morgan fingerprint density at radius 2 is 2.15 bits per heavy atom. The van der Waals surface area contributed by atoms with E-state index >= 15 is 0 Å². The fraction of sp³-hybridized carbons (Fsp3) is 0.250. The molecule has 1 aromatic carbocycles. The Hall–Kier alpha value is -1.24. The van der Waals surface area contributed by atoms with E-state index in [0.29, 0.717) is 20.9 Å². The third kappa shape index (κ3) is 3.65. The van der Waals surface area contributed by atoms with Crippen LogP contribution in [0.3, 0.4) is 0 Å². The number of carbonyl (C=O) groups excluding carboxylic acids is 1. The van der Waals surface area contributed by atoms with E-state index in [-0.39, 0.29) is 11.7 Å². The first-order valence-corrected chi connectivity index (χ1v) is 7.45. The van der Waals surface area contributed by atoms with Crippen LogP contribution in [0, 0.1) is 6.92 Å². The van der Waals surface area contributed by atoms with Crippen molar-refractivity contribution < 1.29 is 4.79 Å². The van der Waals surface area contributed by atoms with Gasteiger partial charge in [-0.05, 0) is 25.1 Å². The molecule has 0 saturated carbocycles. The van der Waals surface area contributed by atoms with Crippen LogP contribution in [0.15, 0.2) is 23.4 Å². The summed E-state index contributed by atoms with van der Waals surface area (Å²) < 4.78 is 1.82. The van der Waals surface area contributed by atoms with Crippen molar-refractivity contribution in [2.75, 3.05) is 11.1 Å². The fourth-order valence-electron chi connectivity index (χ4n) is 1.42. The van der Waals surface area contributed by atoms with Gasteiger partial charge in [-0.1, -0.05) is 35.0 Å². The number of halogens is 2. The minimum atomic E-state index is -0.181. The Kier molecular flexibility index (Phi) is 4.91. The molecule has 0 unspecified atom stereocenters. The molecule has 1 heterocycles. The summed E-state index contributed by atoms with van der Waals surface area (Å²) in [5.41, 5.74) is 0.499. The number of hydrogen-bond acceptors (Lipinski definition) is 4. The molecule has 8 heteroatoms. The molecule has 2 aromatic rings. The second-order valence-electron chi connectivity index (χ2n) is 4.05. The molecule has 1 amide bonds. The topological polar surface area (TPSA) is 59.8 Å². The molecule has 0 bridgehead atoms. The first-order valence-electron chi connectivity index (χ1n) is 5.71. The number of aryl methyl sites for hydroxylation is 1. The number of nitrogens with one attached hydrogen (secondary N) is 1. The van der Waals surface area contributed by atoms with E-state index in [1.807, 2.05) is 18.5 Å². The Morgan fingerprint density at radius 3 is 2.80 bits per heavy atom. The number of anilines is 1. The summed E-state index contributed by atoms with van der Waals surface area (Å²) in [6.07, 6.45) is 0. The molecule has 2 rings (SSSR count). The standard InChI is InChI=1S/C12H12Cl2N4OS/c1-7-16-17-12(18(7)2)20-6-11(19)15-10-5-8(13)3-4-9(10)14/h3-5H,6H2,1-2H3,(H,15,19). The van der Waals surface area contributed by atoms with Crippen molar-refractivity contribution in [2.24, 2.45) is 7.05 Å². The molecule has 0 atom stereocenters. The second-order valence-corrected chi connectivity index (χ2v) is 5.84. The van der Waals surface area contributed by atoms with Gasteiger partial charge in [-0.2, -0.15) is 0 Å². The number of thioether (sulfide) groups is 1. The molecule has 0 radical (unpaired) electrons. The van der Waals surface area contributed by atoms with Crippen LogP contribution in [-0.2, 0) is 11.8 Å². The van der Waals surface area contributed by atoms with Crippen LogP contribution in [0.2, 0.25) is 10.0 Å². The van der Waals surface area contributed by atoms with Crippen LogP contribution < -0.4 is 5.32 Å². The fourth-order valence-corrected chi connectivity index (χ4v) is 2.52. The molecule has 1 N–H and O–H groups in total. The van der Waals surface area contributed by atoms with Crippen molar-refractivity contribution in [3.8, 4) is 0 Å². The molecule has 0 aliphatic carbocycles. The molecule has 0 saturated heterocycles. The summed E-state index contributed by atoms with van der Waals surface area (Å²) in [7, 11) is 1.85. The van der Waals surface area contributed by atoms with Crippen LogP contribution in [0.5, 0.6) is 0 Å². The highest BCUT2D eigenvalue weighted by Crippen LogP contribution is 2.25. The zero-order valence-corrected chi connectivity index (χ0v) is 13.2. The van der Waals surface area contributed by atoms with Gasteiger partial charge in [-0.3, -0.25) is 4.79 Å². The van der Waals surface area contributed by atoms with Gasteiger partial charge < -0.3 is 9.88 Å². The van der Waals surface area contributed by atoms with E-state index in [0.717, 1.165) is 5.82 Å². The van der Waals surface area contributed by atoms with Crippen molar-refractivity contribution in [3.05, 3.63) is 34.1 Å². The van der Waals surface area contributed by atoms with Crippen molar-refractivity contribution in [2.45, 2.75) is 12.1 Å². The lowest BCUT2D eigenvalue weighted by Gasteiger charge is -2.07. The number of nitrogens with zero attached hydrogens (tertiary/aromatic N) is 3. The minimum Gasteiger partial charge on any atom is -0.324 e. The third-order valence-electron chi connectivity index (χ3n) is 2.59. The molecule has 0 fully saturated rings. The summed E-state index contributed by atoms with van der Waals surface area (Å²) in [5.74, 6) is 0.833.